The molecule has 0 spiro atoms. The summed E-state index contributed by atoms with van der Waals surface area (Å²) in [4.78, 5) is 15.2. The van der Waals surface area contributed by atoms with Crippen molar-refractivity contribution < 1.29 is 26.3 Å². The highest BCUT2D eigenvalue weighted by Crippen LogP contribution is 2.45. The van der Waals surface area contributed by atoms with Crippen LogP contribution in [0.5, 0.6) is 0 Å². The molecule has 0 amide bonds. The van der Waals surface area contributed by atoms with E-state index in [1.54, 1.807) is 24.3 Å². The molecule has 0 aliphatic rings. The molecule has 0 saturated carbocycles. The maximum absolute atomic E-state index is 14.2. The van der Waals surface area contributed by atoms with Gasteiger partial charge in [-0.25, -0.2) is 15.0 Å². The normalized spacial score (nSPS) is 12.0. The summed E-state index contributed by atoms with van der Waals surface area (Å²) in [6, 6.07) is 68.6. The number of fused-ring (bicyclic) bond motifs is 6. The fourth-order valence-electron chi connectivity index (χ4n) is 11.1. The average molecular weight is 1060 g/mol. The molecule has 12 heteroatoms. The van der Waals surface area contributed by atoms with Gasteiger partial charge in [0.25, 0.3) is 0 Å². The third-order valence-electron chi connectivity index (χ3n) is 14.7. The largest absolute Gasteiger partial charge is 0.416 e. The molecule has 0 N–H and O–H groups in total. The minimum Gasteiger partial charge on any atom is -0.309 e. The van der Waals surface area contributed by atoms with Crippen molar-refractivity contribution in [2.24, 2.45) is 0 Å². The fraction of sp³-hybridized carbons (Fsp3) is 0.0588. The van der Waals surface area contributed by atoms with E-state index in [4.69, 9.17) is 15.0 Å². The van der Waals surface area contributed by atoms with E-state index in [0.29, 0.717) is 61.7 Å². The van der Waals surface area contributed by atoms with Gasteiger partial charge in [-0.2, -0.15) is 31.6 Å². The van der Waals surface area contributed by atoms with Crippen molar-refractivity contribution in [2.45, 2.75) is 26.2 Å². The van der Waals surface area contributed by atoms with Crippen LogP contribution >= 0.6 is 0 Å². The minimum absolute atomic E-state index is 0.134. The number of aromatic nitrogens is 5. The zero-order chi connectivity index (χ0) is 55.0. The molecule has 0 unspecified atom stereocenters. The van der Waals surface area contributed by atoms with Crippen LogP contribution in [0.15, 0.2) is 218 Å². The number of hydrogen-bond donors (Lipinski definition) is 0. The van der Waals surface area contributed by atoms with E-state index in [-0.39, 0.29) is 17.2 Å². The number of para-hydroxylation sites is 2. The molecule has 0 aliphatic carbocycles. The summed E-state index contributed by atoms with van der Waals surface area (Å²) >= 11 is 0. The van der Waals surface area contributed by atoms with Crippen LogP contribution in [-0.2, 0) is 12.4 Å². The molecule has 80 heavy (non-hydrogen) atoms. The quantitative estimate of drug-likeness (QED) is 0.142. The number of nitrogens with zero attached hydrogens (tertiary/aromatic N) is 6. The Bertz CT molecular complexity index is 4550. The van der Waals surface area contributed by atoms with Crippen molar-refractivity contribution in [3.63, 3.8) is 0 Å². The van der Waals surface area contributed by atoms with Gasteiger partial charge in [0.1, 0.15) is 0 Å². The van der Waals surface area contributed by atoms with Crippen molar-refractivity contribution in [1.82, 2.24) is 24.1 Å². The second-order valence-corrected chi connectivity index (χ2v) is 20.0. The molecule has 10 aromatic carbocycles. The zero-order valence-electron chi connectivity index (χ0n) is 42.7. The van der Waals surface area contributed by atoms with Crippen molar-refractivity contribution >= 4 is 43.6 Å². The average Bonchev–Trinajstić information content (AvgIpc) is 4.18. The van der Waals surface area contributed by atoms with Crippen LogP contribution in [0.1, 0.15) is 27.8 Å². The maximum Gasteiger partial charge on any atom is 0.416 e. The molecule has 0 atom stereocenters. The number of rotatable bonds is 8. The summed E-state index contributed by atoms with van der Waals surface area (Å²) in [6.07, 6.45) is -10.1. The molecular formula is C68H42F6N6. The summed E-state index contributed by atoms with van der Waals surface area (Å²) in [7, 11) is 0. The van der Waals surface area contributed by atoms with Crippen LogP contribution in [0.25, 0.3) is 123 Å². The Morgan fingerprint density at radius 3 is 1.31 bits per heavy atom. The summed E-state index contributed by atoms with van der Waals surface area (Å²) in [5.41, 5.74) is 10.2. The Balaban J connectivity index is 1.09. The molecule has 13 aromatic rings. The fourth-order valence-corrected chi connectivity index (χ4v) is 11.1. The van der Waals surface area contributed by atoms with Gasteiger partial charge in [-0.1, -0.05) is 145 Å². The van der Waals surface area contributed by atoms with Crippen LogP contribution in [-0.4, -0.2) is 24.1 Å². The van der Waals surface area contributed by atoms with E-state index in [1.165, 1.54) is 6.07 Å². The van der Waals surface area contributed by atoms with Crippen molar-refractivity contribution in [3.05, 3.63) is 246 Å². The minimum atomic E-state index is -5.03. The van der Waals surface area contributed by atoms with Crippen LogP contribution in [0.3, 0.4) is 0 Å². The lowest BCUT2D eigenvalue weighted by Gasteiger charge is -2.20. The molecule has 0 fully saturated rings. The lowest BCUT2D eigenvalue weighted by molar-refractivity contribution is -0.143. The van der Waals surface area contributed by atoms with Gasteiger partial charge in [0.05, 0.1) is 56.2 Å². The first-order valence-electron chi connectivity index (χ1n) is 25.7. The van der Waals surface area contributed by atoms with E-state index in [2.05, 4.69) is 85.1 Å². The number of halogens is 6. The highest BCUT2D eigenvalue weighted by Gasteiger charge is 2.37. The predicted octanol–water partition coefficient (Wildman–Crippen LogP) is 18.6. The Labute approximate surface area is 454 Å². The lowest BCUT2D eigenvalue weighted by atomic mass is 9.96. The van der Waals surface area contributed by atoms with Gasteiger partial charge in [0, 0.05) is 49.4 Å². The van der Waals surface area contributed by atoms with Crippen molar-refractivity contribution in [2.75, 3.05) is 0 Å². The highest BCUT2D eigenvalue weighted by atomic mass is 19.4. The van der Waals surface area contributed by atoms with E-state index >= 15 is 0 Å². The van der Waals surface area contributed by atoms with Crippen LogP contribution in [0.4, 0.5) is 26.3 Å². The number of aryl methyl sites for hydroxylation is 2. The molecule has 386 valence electrons. The first-order valence-corrected chi connectivity index (χ1v) is 25.7. The van der Waals surface area contributed by atoms with E-state index in [9.17, 15) is 31.6 Å². The van der Waals surface area contributed by atoms with E-state index in [1.807, 2.05) is 114 Å². The van der Waals surface area contributed by atoms with E-state index < -0.39 is 23.5 Å². The summed E-state index contributed by atoms with van der Waals surface area (Å²) in [5.74, 6) is 1.37. The van der Waals surface area contributed by atoms with Crippen LogP contribution in [0.2, 0.25) is 0 Å². The van der Waals surface area contributed by atoms with Gasteiger partial charge in [-0.05, 0) is 121 Å². The molecule has 3 aromatic heterocycles. The third kappa shape index (κ3) is 8.79. The summed E-state index contributed by atoms with van der Waals surface area (Å²) in [6.45, 7) is 4.19. The Morgan fingerprint density at radius 1 is 0.350 bits per heavy atom. The summed E-state index contributed by atoms with van der Waals surface area (Å²) < 4.78 is 89.5. The van der Waals surface area contributed by atoms with Crippen LogP contribution < -0.4 is 0 Å². The van der Waals surface area contributed by atoms with Crippen molar-refractivity contribution in [3.8, 4) is 85.0 Å². The smallest absolute Gasteiger partial charge is 0.309 e. The standard InChI is InChI=1S/C68H42F6N6/c1-40-29-41(2)31-48(30-40)45-22-26-60-55(35-45)52-17-9-11-19-58(52)79(60)61-28-24-47(66-77-64(43-13-5-3-6-14-43)76-65(78-66)44-15-7-4-8-16-44)37-57(61)54-25-21-42(39-75)32-63(54)80-59-20-12-10-18-53(59)56-36-46(23-27-62(56)80)49-33-50(67(69,70)71)38-51(34-49)68(72,73)74/h3-38H,1-2H3. The monoisotopic (exact) mass is 1060 g/mol. The summed E-state index contributed by atoms with van der Waals surface area (Å²) in [5, 5.41) is 14.0. The second kappa shape index (κ2) is 19.1. The Kier molecular flexibility index (Phi) is 11.8. The third-order valence-corrected chi connectivity index (χ3v) is 14.7. The van der Waals surface area contributed by atoms with E-state index in [0.717, 1.165) is 78.6 Å². The number of nitriles is 1. The van der Waals surface area contributed by atoms with Gasteiger partial charge in [-0.15, -0.1) is 0 Å². The van der Waals surface area contributed by atoms with Crippen LogP contribution in [0, 0.1) is 25.2 Å². The molecule has 6 nitrogen and oxygen atoms in total. The van der Waals surface area contributed by atoms with Gasteiger partial charge in [0.15, 0.2) is 17.5 Å². The number of benzene rings is 10. The second-order valence-electron chi connectivity index (χ2n) is 20.0. The Hall–Kier alpha value is -10.1. The first-order chi connectivity index (χ1) is 38.7. The molecule has 0 aliphatic heterocycles. The topological polar surface area (TPSA) is 72.3 Å². The lowest BCUT2D eigenvalue weighted by Crippen LogP contribution is -2.11. The van der Waals surface area contributed by atoms with Gasteiger partial charge < -0.3 is 9.13 Å². The zero-order valence-corrected chi connectivity index (χ0v) is 42.7. The number of alkyl halides is 6. The molecule has 0 bridgehead atoms. The first kappa shape index (κ1) is 49.5. The SMILES string of the molecule is Cc1cc(C)cc(-c2ccc3c(c2)c2ccccc2n3-c2ccc(-c3nc(-c4ccccc4)nc(-c4ccccc4)n3)cc2-c2ccc(C#N)cc2-n2c3ccccc3c3cc(-c4cc(C(F)(F)F)cc(C(F)(F)F)c4)ccc32)c1. The number of hydrogen-bond acceptors (Lipinski definition) is 4. The maximum atomic E-state index is 14.2. The molecule has 13 rings (SSSR count). The molecular weight excluding hydrogens is 1010 g/mol. The Morgan fingerprint density at radius 2 is 0.800 bits per heavy atom. The van der Waals surface area contributed by atoms with Gasteiger partial charge >= 0.3 is 12.4 Å². The molecule has 0 saturated heterocycles. The predicted molar refractivity (Wildman–Crippen MR) is 305 cm³/mol. The van der Waals surface area contributed by atoms with Crippen molar-refractivity contribution in [1.29, 1.82) is 5.26 Å². The van der Waals surface area contributed by atoms with Gasteiger partial charge in [-0.3, -0.25) is 0 Å². The van der Waals surface area contributed by atoms with Gasteiger partial charge in [0.2, 0.25) is 0 Å². The molecule has 3 heterocycles. The highest BCUT2D eigenvalue weighted by molar-refractivity contribution is 6.13. The molecule has 0 radical (unpaired) electrons.